The number of fused-ring (bicyclic) bond motifs is 7. The van der Waals surface area contributed by atoms with Gasteiger partial charge in [-0.2, -0.15) is 0 Å². The van der Waals surface area contributed by atoms with Crippen LogP contribution in [0.3, 0.4) is 0 Å². The summed E-state index contributed by atoms with van der Waals surface area (Å²) in [4.78, 5) is 4.64. The summed E-state index contributed by atoms with van der Waals surface area (Å²) in [7, 11) is 4.20. The Morgan fingerprint density at radius 1 is 0.818 bits per heavy atom. The van der Waals surface area contributed by atoms with Crippen LogP contribution in [-0.4, -0.2) is 14.1 Å². The molecular weight excluding hydrogens is 270 g/mol. The fraction of sp³-hybridized carbons (Fsp3) is 0.105. The minimum atomic E-state index is 1.08. The fourth-order valence-electron chi connectivity index (χ4n) is 3.63. The highest BCUT2D eigenvalue weighted by molar-refractivity contribution is 6.25. The van der Waals surface area contributed by atoms with Gasteiger partial charge in [-0.3, -0.25) is 4.98 Å². The van der Waals surface area contributed by atoms with Crippen molar-refractivity contribution in [3.8, 4) is 0 Å². The highest BCUT2D eigenvalue weighted by Gasteiger charge is 2.13. The van der Waals surface area contributed by atoms with Crippen LogP contribution in [0.1, 0.15) is 0 Å². The number of rotatable bonds is 0. The first kappa shape index (κ1) is 11.8. The minimum Gasteiger partial charge on any atom is -0.351 e. The molecule has 3 heterocycles. The molecule has 0 aliphatic rings. The van der Waals surface area contributed by atoms with Gasteiger partial charge in [0.05, 0.1) is 11.0 Å². The van der Waals surface area contributed by atoms with Gasteiger partial charge in [0.15, 0.2) is 0 Å². The van der Waals surface area contributed by atoms with E-state index in [4.69, 9.17) is 0 Å². The van der Waals surface area contributed by atoms with E-state index in [1.165, 1.54) is 38.0 Å². The van der Waals surface area contributed by atoms with Crippen LogP contribution in [0.5, 0.6) is 0 Å². The predicted molar refractivity (Wildman–Crippen MR) is 92.2 cm³/mol. The SMILES string of the molecule is Cn1ccc2cc3c4cccnc4c4ccn(C)c4c3cc21. The molecule has 2 aromatic carbocycles. The van der Waals surface area contributed by atoms with Gasteiger partial charge in [-0.15, -0.1) is 0 Å². The molecule has 3 heteroatoms. The molecule has 0 amide bonds. The number of aryl methyl sites for hydroxylation is 2. The largest absolute Gasteiger partial charge is 0.351 e. The number of benzene rings is 2. The van der Waals surface area contributed by atoms with Crippen molar-refractivity contribution >= 4 is 43.5 Å². The van der Waals surface area contributed by atoms with Crippen LogP contribution >= 0.6 is 0 Å². The maximum Gasteiger partial charge on any atom is 0.0802 e. The maximum atomic E-state index is 4.64. The van der Waals surface area contributed by atoms with Crippen molar-refractivity contribution < 1.29 is 0 Å². The number of hydrogen-bond acceptors (Lipinski definition) is 1. The summed E-state index contributed by atoms with van der Waals surface area (Å²) in [5, 5.41) is 6.28. The molecule has 3 aromatic heterocycles. The van der Waals surface area contributed by atoms with Crippen molar-refractivity contribution in [2.75, 3.05) is 0 Å². The van der Waals surface area contributed by atoms with Crippen molar-refractivity contribution in [2.45, 2.75) is 0 Å². The smallest absolute Gasteiger partial charge is 0.0802 e. The lowest BCUT2D eigenvalue weighted by molar-refractivity contribution is 0.968. The third-order valence-corrected chi connectivity index (χ3v) is 4.71. The third kappa shape index (κ3) is 1.33. The van der Waals surface area contributed by atoms with Crippen LogP contribution < -0.4 is 0 Å². The Hall–Kier alpha value is -2.81. The molecule has 0 fully saturated rings. The summed E-state index contributed by atoms with van der Waals surface area (Å²) in [6.45, 7) is 0. The number of nitrogens with zero attached hydrogens (tertiary/aromatic N) is 3. The first-order chi connectivity index (χ1) is 10.7. The fourth-order valence-corrected chi connectivity index (χ4v) is 3.63. The highest BCUT2D eigenvalue weighted by atomic mass is 14.9. The average Bonchev–Trinajstić information content (AvgIpc) is 3.10. The monoisotopic (exact) mass is 285 g/mol. The molecule has 5 aromatic rings. The molecule has 0 aliphatic heterocycles. The van der Waals surface area contributed by atoms with E-state index in [-0.39, 0.29) is 0 Å². The van der Waals surface area contributed by atoms with E-state index in [2.05, 4.69) is 70.9 Å². The first-order valence-electron chi connectivity index (χ1n) is 7.44. The summed E-state index contributed by atoms with van der Waals surface area (Å²) in [6.07, 6.45) is 6.11. The molecule has 0 bridgehead atoms. The lowest BCUT2D eigenvalue weighted by Gasteiger charge is -2.09. The second kappa shape index (κ2) is 3.89. The predicted octanol–water partition coefficient (Wildman–Crippen LogP) is 4.37. The van der Waals surface area contributed by atoms with Crippen LogP contribution in [0, 0.1) is 0 Å². The van der Waals surface area contributed by atoms with Gasteiger partial charge in [0.2, 0.25) is 0 Å². The van der Waals surface area contributed by atoms with Crippen LogP contribution in [0.2, 0.25) is 0 Å². The molecule has 22 heavy (non-hydrogen) atoms. The second-order valence-corrected chi connectivity index (χ2v) is 5.97. The van der Waals surface area contributed by atoms with E-state index >= 15 is 0 Å². The zero-order chi connectivity index (χ0) is 14.8. The van der Waals surface area contributed by atoms with Gasteiger partial charge in [0.25, 0.3) is 0 Å². The molecule has 0 saturated carbocycles. The average molecular weight is 285 g/mol. The summed E-state index contributed by atoms with van der Waals surface area (Å²) >= 11 is 0. The second-order valence-electron chi connectivity index (χ2n) is 5.97. The van der Waals surface area contributed by atoms with Gasteiger partial charge >= 0.3 is 0 Å². The normalized spacial score (nSPS) is 12.1. The Bertz CT molecular complexity index is 1190. The number of pyridine rings is 1. The lowest BCUT2D eigenvalue weighted by atomic mass is 10.00. The molecule has 0 aliphatic carbocycles. The van der Waals surface area contributed by atoms with E-state index in [9.17, 15) is 0 Å². The van der Waals surface area contributed by atoms with Crippen molar-refractivity contribution in [3.63, 3.8) is 0 Å². The van der Waals surface area contributed by atoms with Crippen LogP contribution in [-0.2, 0) is 14.1 Å². The topological polar surface area (TPSA) is 22.8 Å². The van der Waals surface area contributed by atoms with Gasteiger partial charge in [-0.1, -0.05) is 6.07 Å². The van der Waals surface area contributed by atoms with Gasteiger partial charge in [0, 0.05) is 59.7 Å². The first-order valence-corrected chi connectivity index (χ1v) is 7.44. The molecule has 106 valence electrons. The quantitative estimate of drug-likeness (QED) is 0.387. The molecule has 0 unspecified atom stereocenters. The van der Waals surface area contributed by atoms with Crippen LogP contribution in [0.4, 0.5) is 0 Å². The van der Waals surface area contributed by atoms with E-state index in [0.29, 0.717) is 0 Å². The van der Waals surface area contributed by atoms with Crippen molar-refractivity contribution in [1.29, 1.82) is 0 Å². The molecule has 0 N–H and O–H groups in total. The third-order valence-electron chi connectivity index (χ3n) is 4.71. The Morgan fingerprint density at radius 3 is 2.59 bits per heavy atom. The number of aromatic nitrogens is 3. The van der Waals surface area contributed by atoms with Crippen LogP contribution in [0.25, 0.3) is 43.5 Å². The van der Waals surface area contributed by atoms with Crippen LogP contribution in [0.15, 0.2) is 55.0 Å². The molecular formula is C19H15N3. The molecule has 0 spiro atoms. The van der Waals surface area contributed by atoms with E-state index in [1.807, 2.05) is 12.3 Å². The molecule has 5 rings (SSSR count). The molecule has 0 atom stereocenters. The minimum absolute atomic E-state index is 1.08. The Labute approximate surface area is 127 Å². The Morgan fingerprint density at radius 2 is 1.68 bits per heavy atom. The molecule has 0 saturated heterocycles. The number of hydrogen-bond donors (Lipinski definition) is 0. The molecule has 0 radical (unpaired) electrons. The van der Waals surface area contributed by atoms with E-state index in [0.717, 1.165) is 5.52 Å². The van der Waals surface area contributed by atoms with Gasteiger partial charge in [-0.05, 0) is 35.7 Å². The maximum absolute atomic E-state index is 4.64. The summed E-state index contributed by atoms with van der Waals surface area (Å²) < 4.78 is 4.37. The Balaban J connectivity index is 2.20. The summed E-state index contributed by atoms with van der Waals surface area (Å²) in [5.41, 5.74) is 3.60. The standard InChI is InChI=1S/C19H15N3/c1-21-8-5-12-10-15-13-4-3-7-20-18(13)14-6-9-22(2)19(14)16(15)11-17(12)21/h3-11H,1-2H3. The zero-order valence-electron chi connectivity index (χ0n) is 12.5. The van der Waals surface area contributed by atoms with E-state index in [1.54, 1.807) is 0 Å². The Kier molecular flexibility index (Phi) is 2.09. The summed E-state index contributed by atoms with van der Waals surface area (Å²) in [5.74, 6) is 0. The lowest BCUT2D eigenvalue weighted by Crippen LogP contribution is -1.90. The van der Waals surface area contributed by atoms with Crippen molar-refractivity contribution in [2.24, 2.45) is 14.1 Å². The highest BCUT2D eigenvalue weighted by Crippen LogP contribution is 2.36. The van der Waals surface area contributed by atoms with Gasteiger partial charge in [-0.25, -0.2) is 0 Å². The van der Waals surface area contributed by atoms with Crippen molar-refractivity contribution in [1.82, 2.24) is 14.1 Å². The van der Waals surface area contributed by atoms with Gasteiger partial charge in [0.1, 0.15) is 0 Å². The van der Waals surface area contributed by atoms with E-state index < -0.39 is 0 Å². The van der Waals surface area contributed by atoms with Crippen molar-refractivity contribution in [3.05, 3.63) is 55.0 Å². The zero-order valence-corrected chi connectivity index (χ0v) is 12.5. The van der Waals surface area contributed by atoms with Gasteiger partial charge < -0.3 is 9.13 Å². The molecule has 3 nitrogen and oxygen atoms in total. The summed E-state index contributed by atoms with van der Waals surface area (Å²) in [6, 6.07) is 13.1.